The first kappa shape index (κ1) is 15.1. The molecule has 1 aromatic rings. The maximum absolute atomic E-state index is 11.8. The zero-order chi connectivity index (χ0) is 14.4. The fourth-order valence-corrected chi connectivity index (χ4v) is 1.69. The third-order valence-corrected chi connectivity index (χ3v) is 2.97. The van der Waals surface area contributed by atoms with Gasteiger partial charge >= 0.3 is 12.0 Å². The van der Waals surface area contributed by atoms with E-state index in [-0.39, 0.29) is 24.4 Å². The number of carbonyl (C=O) groups is 2. The van der Waals surface area contributed by atoms with Crippen LogP contribution in [0.4, 0.5) is 4.79 Å². The Morgan fingerprint density at radius 2 is 2.16 bits per heavy atom. The summed E-state index contributed by atoms with van der Waals surface area (Å²) in [5.74, 6) is -0.828. The molecule has 1 unspecified atom stereocenters. The van der Waals surface area contributed by atoms with E-state index in [4.69, 9.17) is 9.52 Å². The summed E-state index contributed by atoms with van der Waals surface area (Å²) in [6.07, 6.45) is 1.95. The molecular formula is C13H20N2O4. The van der Waals surface area contributed by atoms with Crippen LogP contribution in [-0.2, 0) is 6.54 Å². The Labute approximate surface area is 112 Å². The molecule has 0 spiro atoms. The zero-order valence-electron chi connectivity index (χ0n) is 11.5. The van der Waals surface area contributed by atoms with Crippen molar-refractivity contribution < 1.29 is 19.1 Å². The minimum Gasteiger partial charge on any atom is -0.475 e. The van der Waals surface area contributed by atoms with E-state index in [1.54, 1.807) is 18.0 Å². The van der Waals surface area contributed by atoms with Crippen molar-refractivity contribution in [1.82, 2.24) is 10.2 Å². The SMILES string of the molecule is CCCC(C)N(C)C(=O)NCc1ccc(C(=O)O)o1. The lowest BCUT2D eigenvalue weighted by molar-refractivity contribution is 0.0660. The molecule has 1 rings (SSSR count). The second kappa shape index (κ2) is 6.82. The number of nitrogens with zero attached hydrogens (tertiary/aromatic N) is 1. The molecule has 19 heavy (non-hydrogen) atoms. The third kappa shape index (κ3) is 4.31. The van der Waals surface area contributed by atoms with Gasteiger partial charge in [-0.25, -0.2) is 9.59 Å². The molecule has 6 heteroatoms. The van der Waals surface area contributed by atoms with Crippen LogP contribution < -0.4 is 5.32 Å². The highest BCUT2D eigenvalue weighted by atomic mass is 16.4. The fraction of sp³-hybridized carbons (Fsp3) is 0.538. The van der Waals surface area contributed by atoms with E-state index < -0.39 is 5.97 Å². The van der Waals surface area contributed by atoms with Crippen molar-refractivity contribution in [3.8, 4) is 0 Å². The molecule has 2 N–H and O–H groups in total. The number of rotatable bonds is 6. The van der Waals surface area contributed by atoms with Gasteiger partial charge in [-0.1, -0.05) is 13.3 Å². The van der Waals surface area contributed by atoms with Gasteiger partial charge in [-0.05, 0) is 25.5 Å². The normalized spacial score (nSPS) is 11.9. The number of aromatic carboxylic acids is 1. The number of carbonyl (C=O) groups excluding carboxylic acids is 1. The second-order valence-corrected chi connectivity index (χ2v) is 4.48. The molecule has 0 aliphatic heterocycles. The van der Waals surface area contributed by atoms with Gasteiger partial charge in [0.2, 0.25) is 5.76 Å². The Hall–Kier alpha value is -1.98. The third-order valence-electron chi connectivity index (χ3n) is 2.97. The number of hydrogen-bond donors (Lipinski definition) is 2. The van der Waals surface area contributed by atoms with E-state index >= 15 is 0 Å². The summed E-state index contributed by atoms with van der Waals surface area (Å²) in [7, 11) is 1.74. The van der Waals surface area contributed by atoms with Crippen molar-refractivity contribution in [3.63, 3.8) is 0 Å². The van der Waals surface area contributed by atoms with Gasteiger partial charge in [0.1, 0.15) is 5.76 Å². The van der Waals surface area contributed by atoms with Gasteiger partial charge in [0.25, 0.3) is 0 Å². The molecule has 0 aromatic carbocycles. The fourth-order valence-electron chi connectivity index (χ4n) is 1.69. The van der Waals surface area contributed by atoms with Crippen LogP contribution >= 0.6 is 0 Å². The Balaban J connectivity index is 2.47. The molecule has 1 heterocycles. The molecule has 0 radical (unpaired) electrons. The Bertz CT molecular complexity index is 442. The van der Waals surface area contributed by atoms with Gasteiger partial charge in [0, 0.05) is 13.1 Å². The van der Waals surface area contributed by atoms with Gasteiger partial charge in [0.05, 0.1) is 6.54 Å². The van der Waals surface area contributed by atoms with E-state index in [9.17, 15) is 9.59 Å². The highest BCUT2D eigenvalue weighted by Gasteiger charge is 2.15. The molecule has 6 nitrogen and oxygen atoms in total. The first-order valence-electron chi connectivity index (χ1n) is 6.28. The molecule has 0 aliphatic carbocycles. The summed E-state index contributed by atoms with van der Waals surface area (Å²) in [5.41, 5.74) is 0. The number of carboxylic acids is 1. The summed E-state index contributed by atoms with van der Waals surface area (Å²) in [5, 5.41) is 11.4. The van der Waals surface area contributed by atoms with Gasteiger partial charge < -0.3 is 19.7 Å². The highest BCUT2D eigenvalue weighted by Crippen LogP contribution is 2.08. The number of carboxylic acid groups (broad SMARTS) is 1. The minimum atomic E-state index is -1.12. The lowest BCUT2D eigenvalue weighted by Crippen LogP contribution is -2.41. The van der Waals surface area contributed by atoms with Crippen molar-refractivity contribution >= 4 is 12.0 Å². The summed E-state index contributed by atoms with van der Waals surface area (Å²) in [6.45, 7) is 4.23. The van der Waals surface area contributed by atoms with Crippen molar-refractivity contribution in [1.29, 1.82) is 0 Å². The molecule has 0 saturated heterocycles. The molecular weight excluding hydrogens is 248 g/mol. The largest absolute Gasteiger partial charge is 0.475 e. The van der Waals surface area contributed by atoms with Gasteiger partial charge in [-0.3, -0.25) is 0 Å². The second-order valence-electron chi connectivity index (χ2n) is 4.48. The number of amides is 2. The number of hydrogen-bond acceptors (Lipinski definition) is 3. The van der Waals surface area contributed by atoms with Crippen molar-refractivity contribution in [2.24, 2.45) is 0 Å². The van der Waals surface area contributed by atoms with Crippen molar-refractivity contribution in [2.45, 2.75) is 39.3 Å². The van der Waals surface area contributed by atoms with Crippen LogP contribution in [0.5, 0.6) is 0 Å². The molecule has 0 saturated carbocycles. The van der Waals surface area contributed by atoms with Crippen LogP contribution in [-0.4, -0.2) is 35.1 Å². The highest BCUT2D eigenvalue weighted by molar-refractivity contribution is 5.84. The van der Waals surface area contributed by atoms with Crippen LogP contribution in [0.2, 0.25) is 0 Å². The molecule has 1 atom stereocenters. The van der Waals surface area contributed by atoms with Crippen LogP contribution in [0.3, 0.4) is 0 Å². The quantitative estimate of drug-likeness (QED) is 0.829. The summed E-state index contributed by atoms with van der Waals surface area (Å²) >= 11 is 0. The maximum atomic E-state index is 11.8. The van der Waals surface area contributed by atoms with Gasteiger partial charge in [0.15, 0.2) is 0 Å². The van der Waals surface area contributed by atoms with Crippen LogP contribution in [0.1, 0.15) is 43.0 Å². The molecule has 0 bridgehead atoms. The van der Waals surface area contributed by atoms with Gasteiger partial charge in [-0.15, -0.1) is 0 Å². The van der Waals surface area contributed by atoms with Crippen LogP contribution in [0.15, 0.2) is 16.5 Å². The van der Waals surface area contributed by atoms with Crippen molar-refractivity contribution in [2.75, 3.05) is 7.05 Å². The molecule has 0 fully saturated rings. The molecule has 2 amide bonds. The topological polar surface area (TPSA) is 82.8 Å². The first-order chi connectivity index (χ1) is 8.95. The lowest BCUT2D eigenvalue weighted by Gasteiger charge is -2.24. The van der Waals surface area contributed by atoms with Crippen LogP contribution in [0, 0.1) is 0 Å². The van der Waals surface area contributed by atoms with Crippen LogP contribution in [0.25, 0.3) is 0 Å². The summed E-state index contributed by atoms with van der Waals surface area (Å²) in [4.78, 5) is 24.1. The van der Waals surface area contributed by atoms with E-state index in [2.05, 4.69) is 12.2 Å². The Kier molecular flexibility index (Phi) is 5.41. The predicted octanol–water partition coefficient (Wildman–Crippen LogP) is 2.31. The number of furan rings is 1. The lowest BCUT2D eigenvalue weighted by atomic mass is 10.2. The van der Waals surface area contributed by atoms with Gasteiger partial charge in [-0.2, -0.15) is 0 Å². The minimum absolute atomic E-state index is 0.128. The van der Waals surface area contributed by atoms with E-state index in [1.165, 1.54) is 6.07 Å². The number of nitrogens with one attached hydrogen (secondary N) is 1. The van der Waals surface area contributed by atoms with E-state index in [1.807, 2.05) is 6.92 Å². The van der Waals surface area contributed by atoms with E-state index in [0.717, 1.165) is 12.8 Å². The Morgan fingerprint density at radius 1 is 1.47 bits per heavy atom. The predicted molar refractivity (Wildman–Crippen MR) is 70.0 cm³/mol. The average molecular weight is 268 g/mol. The molecule has 1 aromatic heterocycles. The zero-order valence-corrected chi connectivity index (χ0v) is 11.5. The maximum Gasteiger partial charge on any atom is 0.371 e. The standard InChI is InChI=1S/C13H20N2O4/c1-4-5-9(2)15(3)13(18)14-8-10-6-7-11(19-10)12(16)17/h6-7,9H,4-5,8H2,1-3H3,(H,14,18)(H,16,17). The summed E-state index contributed by atoms with van der Waals surface area (Å²) in [6, 6.07) is 2.87. The summed E-state index contributed by atoms with van der Waals surface area (Å²) < 4.78 is 5.05. The average Bonchev–Trinajstić information content (AvgIpc) is 2.84. The van der Waals surface area contributed by atoms with E-state index in [0.29, 0.717) is 5.76 Å². The monoisotopic (exact) mass is 268 g/mol. The van der Waals surface area contributed by atoms with Crippen molar-refractivity contribution in [3.05, 3.63) is 23.7 Å². The first-order valence-corrected chi connectivity index (χ1v) is 6.28. The Morgan fingerprint density at radius 3 is 2.68 bits per heavy atom. The number of urea groups is 1. The molecule has 0 aliphatic rings. The molecule has 106 valence electrons. The smallest absolute Gasteiger partial charge is 0.371 e.